The first-order valence-corrected chi connectivity index (χ1v) is 13.1. The third-order valence-electron chi connectivity index (χ3n) is 6.03. The molecular weight excluding hydrogens is 466 g/mol. The van der Waals surface area contributed by atoms with Crippen LogP contribution >= 0.6 is 0 Å². The van der Waals surface area contributed by atoms with Gasteiger partial charge in [-0.15, -0.1) is 0 Å². The molecule has 0 saturated carbocycles. The zero-order chi connectivity index (χ0) is 24.7. The zero-order valence-corrected chi connectivity index (χ0v) is 20.7. The van der Waals surface area contributed by atoms with Gasteiger partial charge >= 0.3 is 0 Å². The van der Waals surface area contributed by atoms with Crippen LogP contribution in [0.5, 0.6) is 5.75 Å². The molecule has 1 aliphatic heterocycles. The SMILES string of the molecule is Cc1ccc(S(=O)(=O)N(CC(=O)N2CCN(CCOc3ccccc3)CC2)Cc2ccco2)cc1. The average Bonchev–Trinajstić information content (AvgIpc) is 3.38. The Balaban J connectivity index is 1.34. The van der Waals surface area contributed by atoms with Crippen molar-refractivity contribution in [3.05, 3.63) is 84.3 Å². The molecule has 0 bridgehead atoms. The Bertz CT molecular complexity index is 1170. The van der Waals surface area contributed by atoms with Crippen LogP contribution in [-0.2, 0) is 21.4 Å². The number of ether oxygens (including phenoxy) is 1. The first kappa shape index (κ1) is 25.0. The molecule has 0 aliphatic carbocycles. The van der Waals surface area contributed by atoms with Crippen molar-refractivity contribution in [1.29, 1.82) is 0 Å². The molecule has 0 spiro atoms. The van der Waals surface area contributed by atoms with Crippen LogP contribution in [0.2, 0.25) is 0 Å². The lowest BCUT2D eigenvalue weighted by Gasteiger charge is -2.35. The number of para-hydroxylation sites is 1. The van der Waals surface area contributed by atoms with Gasteiger partial charge in [-0.05, 0) is 43.3 Å². The second kappa shape index (κ2) is 11.5. The second-order valence-electron chi connectivity index (χ2n) is 8.55. The van der Waals surface area contributed by atoms with E-state index in [1.807, 2.05) is 37.3 Å². The number of hydrogen-bond donors (Lipinski definition) is 0. The van der Waals surface area contributed by atoms with Crippen molar-refractivity contribution in [3.63, 3.8) is 0 Å². The number of hydrogen-bond acceptors (Lipinski definition) is 6. The summed E-state index contributed by atoms with van der Waals surface area (Å²) in [5.41, 5.74) is 0.963. The second-order valence-corrected chi connectivity index (χ2v) is 10.5. The molecule has 186 valence electrons. The third-order valence-corrected chi connectivity index (χ3v) is 7.83. The minimum Gasteiger partial charge on any atom is -0.492 e. The molecular formula is C26H31N3O5S. The summed E-state index contributed by atoms with van der Waals surface area (Å²) in [6, 6.07) is 19.7. The molecule has 1 fully saturated rings. The molecule has 0 unspecified atom stereocenters. The summed E-state index contributed by atoms with van der Waals surface area (Å²) in [6.45, 7) is 5.51. The van der Waals surface area contributed by atoms with Crippen LogP contribution in [0.4, 0.5) is 0 Å². The van der Waals surface area contributed by atoms with Crippen molar-refractivity contribution in [1.82, 2.24) is 14.1 Å². The topological polar surface area (TPSA) is 83.3 Å². The van der Waals surface area contributed by atoms with Gasteiger partial charge in [0, 0.05) is 32.7 Å². The Morgan fingerprint density at radius 1 is 0.971 bits per heavy atom. The van der Waals surface area contributed by atoms with E-state index in [1.54, 1.807) is 41.3 Å². The molecule has 4 rings (SSSR count). The lowest BCUT2D eigenvalue weighted by molar-refractivity contribution is -0.133. The number of sulfonamides is 1. The van der Waals surface area contributed by atoms with Crippen LogP contribution in [0, 0.1) is 6.92 Å². The predicted octanol–water partition coefficient (Wildman–Crippen LogP) is 3.00. The summed E-state index contributed by atoms with van der Waals surface area (Å²) in [5.74, 6) is 1.11. The van der Waals surface area contributed by atoms with Gasteiger partial charge in [0.25, 0.3) is 0 Å². The van der Waals surface area contributed by atoms with E-state index in [2.05, 4.69) is 4.90 Å². The number of benzene rings is 2. The Labute approximate surface area is 206 Å². The number of nitrogens with zero attached hydrogens (tertiary/aromatic N) is 3. The van der Waals surface area contributed by atoms with Gasteiger partial charge in [0.1, 0.15) is 18.1 Å². The van der Waals surface area contributed by atoms with E-state index in [1.165, 1.54) is 10.6 Å². The number of carbonyl (C=O) groups is 1. The van der Waals surface area contributed by atoms with E-state index in [9.17, 15) is 13.2 Å². The maximum absolute atomic E-state index is 13.4. The van der Waals surface area contributed by atoms with E-state index in [-0.39, 0.29) is 23.9 Å². The van der Waals surface area contributed by atoms with E-state index >= 15 is 0 Å². The zero-order valence-electron chi connectivity index (χ0n) is 19.9. The molecule has 1 amide bonds. The van der Waals surface area contributed by atoms with Gasteiger partial charge in [0.15, 0.2) is 0 Å². The summed E-state index contributed by atoms with van der Waals surface area (Å²) in [6.07, 6.45) is 1.49. The highest BCUT2D eigenvalue weighted by molar-refractivity contribution is 7.89. The van der Waals surface area contributed by atoms with Gasteiger partial charge in [0.2, 0.25) is 15.9 Å². The molecule has 1 aromatic heterocycles. The summed E-state index contributed by atoms with van der Waals surface area (Å²) in [4.78, 5) is 17.3. The number of furan rings is 1. The van der Waals surface area contributed by atoms with Crippen molar-refractivity contribution in [2.75, 3.05) is 45.9 Å². The van der Waals surface area contributed by atoms with E-state index in [0.717, 1.165) is 17.9 Å². The van der Waals surface area contributed by atoms with Crippen LogP contribution < -0.4 is 4.74 Å². The van der Waals surface area contributed by atoms with E-state index < -0.39 is 10.0 Å². The van der Waals surface area contributed by atoms with Crippen molar-refractivity contribution in [3.8, 4) is 5.75 Å². The fourth-order valence-corrected chi connectivity index (χ4v) is 5.30. The summed E-state index contributed by atoms with van der Waals surface area (Å²) < 4.78 is 39.1. The van der Waals surface area contributed by atoms with Crippen LogP contribution in [0.15, 0.2) is 82.3 Å². The van der Waals surface area contributed by atoms with Crippen molar-refractivity contribution >= 4 is 15.9 Å². The highest BCUT2D eigenvalue weighted by Crippen LogP contribution is 2.20. The molecule has 8 nitrogen and oxygen atoms in total. The minimum atomic E-state index is -3.88. The van der Waals surface area contributed by atoms with Crippen LogP contribution in [0.1, 0.15) is 11.3 Å². The Morgan fingerprint density at radius 3 is 2.34 bits per heavy atom. The minimum absolute atomic E-state index is 0.00819. The van der Waals surface area contributed by atoms with Gasteiger partial charge in [-0.2, -0.15) is 4.31 Å². The summed E-state index contributed by atoms with van der Waals surface area (Å²) in [5, 5.41) is 0. The van der Waals surface area contributed by atoms with Crippen molar-refractivity contribution < 1.29 is 22.4 Å². The van der Waals surface area contributed by atoms with E-state index in [0.29, 0.717) is 38.5 Å². The molecule has 0 N–H and O–H groups in total. The molecule has 9 heteroatoms. The first-order chi connectivity index (χ1) is 16.9. The van der Waals surface area contributed by atoms with Gasteiger partial charge < -0.3 is 14.1 Å². The van der Waals surface area contributed by atoms with Gasteiger partial charge in [0.05, 0.1) is 24.2 Å². The molecule has 3 aromatic rings. The number of piperazine rings is 1. The largest absolute Gasteiger partial charge is 0.492 e. The number of amides is 1. The van der Waals surface area contributed by atoms with Crippen LogP contribution in [-0.4, -0.2) is 74.3 Å². The Morgan fingerprint density at radius 2 is 1.69 bits per heavy atom. The third kappa shape index (κ3) is 6.72. The Kier molecular flexibility index (Phi) is 8.22. The molecule has 0 radical (unpaired) electrons. The maximum Gasteiger partial charge on any atom is 0.243 e. The molecule has 35 heavy (non-hydrogen) atoms. The molecule has 1 saturated heterocycles. The summed E-state index contributed by atoms with van der Waals surface area (Å²) in [7, 11) is -3.88. The van der Waals surface area contributed by atoms with Crippen molar-refractivity contribution in [2.45, 2.75) is 18.4 Å². The van der Waals surface area contributed by atoms with Gasteiger partial charge in [-0.25, -0.2) is 8.42 Å². The molecule has 2 heterocycles. The fourth-order valence-electron chi connectivity index (χ4n) is 3.94. The number of carbonyl (C=O) groups excluding carboxylic acids is 1. The molecule has 0 atom stereocenters. The standard InChI is InChI=1S/C26H31N3O5S/c1-22-9-11-25(12-10-22)35(31,32)29(20-24-8-5-18-33-24)21-26(30)28-15-13-27(14-16-28)17-19-34-23-6-3-2-4-7-23/h2-12,18H,13-17,19-21H2,1H3. The van der Waals surface area contributed by atoms with E-state index in [4.69, 9.17) is 9.15 Å². The molecule has 1 aliphatic rings. The van der Waals surface area contributed by atoms with Gasteiger partial charge in [-0.3, -0.25) is 9.69 Å². The highest BCUT2D eigenvalue weighted by atomic mass is 32.2. The monoisotopic (exact) mass is 497 g/mol. The number of aryl methyl sites for hydroxylation is 1. The van der Waals surface area contributed by atoms with Crippen molar-refractivity contribution in [2.24, 2.45) is 0 Å². The molecule has 2 aromatic carbocycles. The normalized spacial score (nSPS) is 14.9. The summed E-state index contributed by atoms with van der Waals surface area (Å²) >= 11 is 0. The first-order valence-electron chi connectivity index (χ1n) is 11.7. The average molecular weight is 498 g/mol. The fraction of sp³-hybridized carbons (Fsp3) is 0.346. The van der Waals surface area contributed by atoms with Gasteiger partial charge in [-0.1, -0.05) is 35.9 Å². The smallest absolute Gasteiger partial charge is 0.243 e. The maximum atomic E-state index is 13.4. The number of rotatable bonds is 10. The predicted molar refractivity (Wildman–Crippen MR) is 132 cm³/mol. The van der Waals surface area contributed by atoms with Crippen LogP contribution in [0.3, 0.4) is 0 Å². The Hall–Kier alpha value is -3.14. The van der Waals surface area contributed by atoms with Crippen LogP contribution in [0.25, 0.3) is 0 Å². The lowest BCUT2D eigenvalue weighted by Crippen LogP contribution is -2.52. The highest BCUT2D eigenvalue weighted by Gasteiger charge is 2.30. The quantitative estimate of drug-likeness (QED) is 0.428. The lowest BCUT2D eigenvalue weighted by atomic mass is 10.2.